The summed E-state index contributed by atoms with van der Waals surface area (Å²) in [7, 11) is 0. The molecule has 0 radical (unpaired) electrons. The minimum absolute atomic E-state index is 0.146. The average Bonchev–Trinajstić information content (AvgIpc) is 2.15. The first kappa shape index (κ1) is 13.0. The van der Waals surface area contributed by atoms with E-state index in [0.29, 0.717) is 0 Å². The van der Waals surface area contributed by atoms with Crippen LogP contribution in [0.15, 0.2) is 12.1 Å². The van der Waals surface area contributed by atoms with Gasteiger partial charge in [-0.15, -0.1) is 0 Å². The van der Waals surface area contributed by atoms with E-state index in [1.165, 1.54) is 5.56 Å². The van der Waals surface area contributed by atoms with Gasteiger partial charge in [0, 0.05) is 24.3 Å². The second-order valence-corrected chi connectivity index (χ2v) is 5.07. The van der Waals surface area contributed by atoms with Crippen LogP contribution in [0.3, 0.4) is 0 Å². The predicted octanol–water partition coefficient (Wildman–Crippen LogP) is 2.71. The van der Waals surface area contributed by atoms with Crippen molar-refractivity contribution in [2.45, 2.75) is 46.7 Å². The number of rotatable bonds is 4. The Morgan fingerprint density at radius 2 is 1.94 bits per heavy atom. The highest BCUT2D eigenvalue weighted by atomic mass is 15.0. The maximum absolute atomic E-state index is 4.51. The first-order chi connectivity index (χ1) is 7.42. The maximum Gasteiger partial charge on any atom is 0.126 e. The van der Waals surface area contributed by atoms with E-state index in [1.807, 2.05) is 6.07 Å². The SMILES string of the molecule is CCNc1ccc(CNC(C)(C)C)c(C)n1. The number of nitrogens with one attached hydrogen (secondary N) is 2. The third kappa shape index (κ3) is 4.19. The Bertz CT molecular complexity index is 340. The van der Waals surface area contributed by atoms with Crippen LogP contribution in [0.25, 0.3) is 0 Å². The molecule has 2 N–H and O–H groups in total. The van der Waals surface area contributed by atoms with Crippen LogP contribution in [0.2, 0.25) is 0 Å². The zero-order valence-electron chi connectivity index (χ0n) is 11.0. The highest BCUT2D eigenvalue weighted by molar-refractivity contribution is 5.38. The molecule has 1 aromatic rings. The van der Waals surface area contributed by atoms with E-state index in [-0.39, 0.29) is 5.54 Å². The second-order valence-electron chi connectivity index (χ2n) is 5.07. The summed E-state index contributed by atoms with van der Waals surface area (Å²) < 4.78 is 0. The van der Waals surface area contributed by atoms with Crippen molar-refractivity contribution in [3.8, 4) is 0 Å². The molecule has 1 heterocycles. The summed E-state index contributed by atoms with van der Waals surface area (Å²) in [4.78, 5) is 4.51. The van der Waals surface area contributed by atoms with Gasteiger partial charge in [-0.25, -0.2) is 4.98 Å². The number of nitrogens with zero attached hydrogens (tertiary/aromatic N) is 1. The molecule has 0 aliphatic rings. The third-order valence-electron chi connectivity index (χ3n) is 2.36. The van der Waals surface area contributed by atoms with E-state index in [0.717, 1.165) is 24.6 Å². The predicted molar refractivity (Wildman–Crippen MR) is 69.7 cm³/mol. The van der Waals surface area contributed by atoms with Crippen LogP contribution in [0.5, 0.6) is 0 Å². The Morgan fingerprint density at radius 1 is 1.25 bits per heavy atom. The van der Waals surface area contributed by atoms with Gasteiger partial charge in [0.1, 0.15) is 5.82 Å². The Labute approximate surface area is 98.7 Å². The summed E-state index contributed by atoms with van der Waals surface area (Å²) in [5.41, 5.74) is 2.50. The van der Waals surface area contributed by atoms with Gasteiger partial charge in [-0.3, -0.25) is 0 Å². The average molecular weight is 221 g/mol. The van der Waals surface area contributed by atoms with Gasteiger partial charge >= 0.3 is 0 Å². The van der Waals surface area contributed by atoms with Crippen LogP contribution in [0.1, 0.15) is 39.0 Å². The summed E-state index contributed by atoms with van der Waals surface area (Å²) in [5, 5.41) is 6.69. The van der Waals surface area contributed by atoms with Crippen LogP contribution in [-0.4, -0.2) is 17.1 Å². The number of pyridine rings is 1. The van der Waals surface area contributed by atoms with Gasteiger partial charge in [-0.05, 0) is 46.2 Å². The maximum atomic E-state index is 4.51. The molecular formula is C13H23N3. The lowest BCUT2D eigenvalue weighted by Crippen LogP contribution is -2.35. The Morgan fingerprint density at radius 3 is 2.44 bits per heavy atom. The van der Waals surface area contributed by atoms with Crippen molar-refractivity contribution in [3.05, 3.63) is 23.4 Å². The third-order valence-corrected chi connectivity index (χ3v) is 2.36. The van der Waals surface area contributed by atoms with E-state index in [1.54, 1.807) is 0 Å². The number of anilines is 1. The lowest BCUT2D eigenvalue weighted by atomic mass is 10.1. The van der Waals surface area contributed by atoms with Gasteiger partial charge in [0.2, 0.25) is 0 Å². The minimum atomic E-state index is 0.146. The van der Waals surface area contributed by atoms with Crippen LogP contribution in [0.4, 0.5) is 5.82 Å². The fraction of sp³-hybridized carbons (Fsp3) is 0.615. The topological polar surface area (TPSA) is 37.0 Å². The fourth-order valence-electron chi connectivity index (χ4n) is 1.42. The van der Waals surface area contributed by atoms with Crippen molar-refractivity contribution in [2.24, 2.45) is 0 Å². The van der Waals surface area contributed by atoms with Gasteiger partial charge in [-0.1, -0.05) is 6.07 Å². The monoisotopic (exact) mass is 221 g/mol. The zero-order valence-corrected chi connectivity index (χ0v) is 11.0. The van der Waals surface area contributed by atoms with Crippen molar-refractivity contribution in [3.63, 3.8) is 0 Å². The van der Waals surface area contributed by atoms with Gasteiger partial charge in [-0.2, -0.15) is 0 Å². The Hall–Kier alpha value is -1.09. The molecule has 0 aromatic carbocycles. The molecule has 3 heteroatoms. The van der Waals surface area contributed by atoms with Crippen molar-refractivity contribution in [1.82, 2.24) is 10.3 Å². The highest BCUT2D eigenvalue weighted by Gasteiger charge is 2.09. The largest absolute Gasteiger partial charge is 0.370 e. The Balaban J connectivity index is 2.68. The first-order valence-electron chi connectivity index (χ1n) is 5.88. The smallest absolute Gasteiger partial charge is 0.126 e. The van der Waals surface area contributed by atoms with Gasteiger partial charge in [0.15, 0.2) is 0 Å². The Kier molecular flexibility index (Phi) is 4.30. The summed E-state index contributed by atoms with van der Waals surface area (Å²) >= 11 is 0. The number of aryl methyl sites for hydroxylation is 1. The van der Waals surface area contributed by atoms with Crippen molar-refractivity contribution >= 4 is 5.82 Å². The summed E-state index contributed by atoms with van der Waals surface area (Å²) in [6, 6.07) is 4.18. The van der Waals surface area contributed by atoms with Crippen LogP contribution < -0.4 is 10.6 Å². The summed E-state index contributed by atoms with van der Waals surface area (Å²) in [5.74, 6) is 0.958. The molecule has 0 atom stereocenters. The van der Waals surface area contributed by atoms with E-state index in [4.69, 9.17) is 0 Å². The molecule has 3 nitrogen and oxygen atoms in total. The number of hydrogen-bond donors (Lipinski definition) is 2. The number of aromatic nitrogens is 1. The minimum Gasteiger partial charge on any atom is -0.370 e. The molecule has 90 valence electrons. The molecule has 0 amide bonds. The fourth-order valence-corrected chi connectivity index (χ4v) is 1.42. The number of hydrogen-bond acceptors (Lipinski definition) is 3. The molecule has 0 saturated heterocycles. The van der Waals surface area contributed by atoms with Gasteiger partial charge in [0.05, 0.1) is 0 Å². The van der Waals surface area contributed by atoms with Crippen LogP contribution in [0, 0.1) is 6.92 Å². The van der Waals surface area contributed by atoms with Crippen molar-refractivity contribution in [1.29, 1.82) is 0 Å². The quantitative estimate of drug-likeness (QED) is 0.821. The molecule has 1 aromatic heterocycles. The molecule has 0 fully saturated rings. The lowest BCUT2D eigenvalue weighted by molar-refractivity contribution is 0.423. The standard InChI is InChI=1S/C13H23N3/c1-6-14-12-8-7-11(10(2)16-12)9-15-13(3,4)5/h7-8,15H,6,9H2,1-5H3,(H,14,16). The summed E-state index contributed by atoms with van der Waals surface area (Å²) in [6.45, 7) is 12.4. The van der Waals surface area contributed by atoms with Gasteiger partial charge in [0.25, 0.3) is 0 Å². The molecule has 0 aliphatic heterocycles. The van der Waals surface area contributed by atoms with E-state index in [2.05, 4.69) is 56.3 Å². The van der Waals surface area contributed by atoms with Gasteiger partial charge < -0.3 is 10.6 Å². The van der Waals surface area contributed by atoms with Crippen molar-refractivity contribution < 1.29 is 0 Å². The molecule has 0 saturated carbocycles. The molecule has 1 rings (SSSR count). The lowest BCUT2D eigenvalue weighted by Gasteiger charge is -2.21. The molecule has 0 spiro atoms. The van der Waals surface area contributed by atoms with Crippen molar-refractivity contribution in [2.75, 3.05) is 11.9 Å². The van der Waals surface area contributed by atoms with Crippen LogP contribution in [-0.2, 0) is 6.54 Å². The summed E-state index contributed by atoms with van der Waals surface area (Å²) in [6.07, 6.45) is 0. The molecule has 0 unspecified atom stereocenters. The molecule has 16 heavy (non-hydrogen) atoms. The first-order valence-corrected chi connectivity index (χ1v) is 5.88. The zero-order chi connectivity index (χ0) is 12.2. The second kappa shape index (κ2) is 5.30. The highest BCUT2D eigenvalue weighted by Crippen LogP contribution is 2.11. The van der Waals surface area contributed by atoms with E-state index < -0.39 is 0 Å². The van der Waals surface area contributed by atoms with E-state index >= 15 is 0 Å². The van der Waals surface area contributed by atoms with E-state index in [9.17, 15) is 0 Å². The van der Waals surface area contributed by atoms with Crippen LogP contribution >= 0.6 is 0 Å². The molecule has 0 bridgehead atoms. The molecular weight excluding hydrogens is 198 g/mol. The normalized spacial score (nSPS) is 11.6. The molecule has 0 aliphatic carbocycles.